The Labute approximate surface area is 118 Å². The Morgan fingerprint density at radius 1 is 1.00 bits per heavy atom. The minimum atomic E-state index is -0.148. The van der Waals surface area contributed by atoms with Crippen LogP contribution >= 0.6 is 0 Å². The SMILES string of the molecule is OCC#Cc1cccc(COc2ccccc2CO)c1. The second kappa shape index (κ2) is 7.34. The third kappa shape index (κ3) is 3.86. The molecule has 0 aliphatic carbocycles. The molecule has 3 nitrogen and oxygen atoms in total. The standard InChI is InChI=1S/C17H16O3/c18-10-4-7-14-5-3-6-15(11-14)13-20-17-9-2-1-8-16(17)12-19/h1-3,5-6,8-9,11,18-19H,10,12-13H2. The van der Waals surface area contributed by atoms with E-state index in [4.69, 9.17) is 9.84 Å². The topological polar surface area (TPSA) is 49.7 Å². The summed E-state index contributed by atoms with van der Waals surface area (Å²) in [6, 6.07) is 15.1. The summed E-state index contributed by atoms with van der Waals surface area (Å²) in [5.74, 6) is 6.16. The zero-order valence-electron chi connectivity index (χ0n) is 11.0. The monoisotopic (exact) mass is 268 g/mol. The van der Waals surface area contributed by atoms with Crippen LogP contribution < -0.4 is 4.74 Å². The predicted molar refractivity (Wildman–Crippen MR) is 77.1 cm³/mol. The quantitative estimate of drug-likeness (QED) is 0.835. The Balaban J connectivity index is 2.07. The Hall–Kier alpha value is -2.28. The van der Waals surface area contributed by atoms with Crippen molar-refractivity contribution in [3.63, 3.8) is 0 Å². The van der Waals surface area contributed by atoms with Gasteiger partial charge < -0.3 is 14.9 Å². The summed E-state index contributed by atoms with van der Waals surface area (Å²) in [4.78, 5) is 0. The number of benzene rings is 2. The zero-order valence-corrected chi connectivity index (χ0v) is 11.0. The van der Waals surface area contributed by atoms with Gasteiger partial charge in [0, 0.05) is 11.1 Å². The summed E-state index contributed by atoms with van der Waals surface area (Å²) < 4.78 is 5.72. The van der Waals surface area contributed by atoms with Crippen LogP contribution in [-0.4, -0.2) is 16.8 Å². The van der Waals surface area contributed by atoms with Gasteiger partial charge >= 0.3 is 0 Å². The zero-order chi connectivity index (χ0) is 14.2. The van der Waals surface area contributed by atoms with Crippen LogP contribution in [0.2, 0.25) is 0 Å². The molecule has 0 unspecified atom stereocenters. The van der Waals surface area contributed by atoms with E-state index in [1.54, 1.807) is 0 Å². The van der Waals surface area contributed by atoms with Crippen LogP contribution in [0, 0.1) is 11.8 Å². The van der Waals surface area contributed by atoms with Crippen LogP contribution in [0.5, 0.6) is 5.75 Å². The number of ether oxygens (including phenoxy) is 1. The predicted octanol–water partition coefficient (Wildman–Crippen LogP) is 2.10. The summed E-state index contributed by atoms with van der Waals surface area (Å²) in [5, 5.41) is 17.9. The van der Waals surface area contributed by atoms with Gasteiger partial charge in [0.05, 0.1) is 6.61 Å². The second-order valence-electron chi connectivity index (χ2n) is 4.21. The highest BCUT2D eigenvalue weighted by Crippen LogP contribution is 2.19. The van der Waals surface area contributed by atoms with Crippen LogP contribution in [0.15, 0.2) is 48.5 Å². The normalized spacial score (nSPS) is 9.70. The van der Waals surface area contributed by atoms with Crippen LogP contribution in [0.4, 0.5) is 0 Å². The second-order valence-corrected chi connectivity index (χ2v) is 4.21. The number of rotatable bonds is 4. The molecule has 0 saturated carbocycles. The maximum atomic E-state index is 9.23. The third-order valence-electron chi connectivity index (χ3n) is 2.78. The van der Waals surface area contributed by atoms with Gasteiger partial charge in [-0.25, -0.2) is 0 Å². The first kappa shape index (κ1) is 14.1. The molecule has 2 N–H and O–H groups in total. The molecule has 0 aromatic heterocycles. The molecule has 0 spiro atoms. The lowest BCUT2D eigenvalue weighted by Crippen LogP contribution is -1.98. The van der Waals surface area contributed by atoms with Gasteiger partial charge in [-0.1, -0.05) is 42.2 Å². The summed E-state index contributed by atoms with van der Waals surface area (Å²) in [7, 11) is 0. The molecule has 0 radical (unpaired) electrons. The van der Waals surface area contributed by atoms with Gasteiger partial charge in [0.25, 0.3) is 0 Å². The first-order valence-corrected chi connectivity index (χ1v) is 6.33. The number of aliphatic hydroxyl groups is 2. The fraction of sp³-hybridized carbons (Fsp3) is 0.176. The summed E-state index contributed by atoms with van der Waals surface area (Å²) >= 11 is 0. The number of aliphatic hydroxyl groups excluding tert-OH is 2. The van der Waals surface area contributed by atoms with Crippen molar-refractivity contribution in [3.05, 3.63) is 65.2 Å². The maximum absolute atomic E-state index is 9.23. The Bertz CT molecular complexity index is 623. The van der Waals surface area contributed by atoms with Gasteiger partial charge in [0.1, 0.15) is 19.0 Å². The molecule has 0 aliphatic heterocycles. The average molecular weight is 268 g/mol. The van der Waals surface area contributed by atoms with Crippen LogP contribution in [0.1, 0.15) is 16.7 Å². The maximum Gasteiger partial charge on any atom is 0.125 e. The Kier molecular flexibility index (Phi) is 5.19. The highest BCUT2D eigenvalue weighted by Gasteiger charge is 2.02. The van der Waals surface area contributed by atoms with Crippen LogP contribution in [0.25, 0.3) is 0 Å². The largest absolute Gasteiger partial charge is 0.489 e. The molecule has 0 amide bonds. The summed E-state index contributed by atoms with van der Waals surface area (Å²) in [6.45, 7) is 0.217. The molecule has 0 fully saturated rings. The molecule has 0 atom stereocenters. The molecular formula is C17H16O3. The minimum Gasteiger partial charge on any atom is -0.489 e. The van der Waals surface area contributed by atoms with Gasteiger partial charge in [0.2, 0.25) is 0 Å². The number of hydrogen-bond acceptors (Lipinski definition) is 3. The Morgan fingerprint density at radius 3 is 2.65 bits per heavy atom. The van der Waals surface area contributed by atoms with E-state index in [2.05, 4.69) is 11.8 Å². The minimum absolute atomic E-state index is 0.0435. The third-order valence-corrected chi connectivity index (χ3v) is 2.78. The van der Waals surface area contributed by atoms with E-state index < -0.39 is 0 Å². The van der Waals surface area contributed by atoms with Crippen molar-refractivity contribution in [2.45, 2.75) is 13.2 Å². The molecular weight excluding hydrogens is 252 g/mol. The molecule has 0 saturated heterocycles. The van der Waals surface area contributed by atoms with E-state index in [9.17, 15) is 5.11 Å². The van der Waals surface area contributed by atoms with Crippen molar-refractivity contribution >= 4 is 0 Å². The van der Waals surface area contributed by atoms with E-state index in [1.165, 1.54) is 0 Å². The molecule has 102 valence electrons. The van der Waals surface area contributed by atoms with Crippen molar-refractivity contribution in [2.75, 3.05) is 6.61 Å². The van der Waals surface area contributed by atoms with Crippen LogP contribution in [-0.2, 0) is 13.2 Å². The fourth-order valence-corrected chi connectivity index (χ4v) is 1.82. The summed E-state index contributed by atoms with van der Waals surface area (Å²) in [6.07, 6.45) is 0. The molecule has 0 heterocycles. The van der Waals surface area contributed by atoms with Gasteiger partial charge in [-0.3, -0.25) is 0 Å². The molecule has 0 aliphatic rings. The van der Waals surface area contributed by atoms with E-state index in [0.717, 1.165) is 16.7 Å². The van der Waals surface area contributed by atoms with Crippen molar-refractivity contribution in [1.29, 1.82) is 0 Å². The smallest absolute Gasteiger partial charge is 0.125 e. The van der Waals surface area contributed by atoms with Crippen molar-refractivity contribution < 1.29 is 14.9 Å². The lowest BCUT2D eigenvalue weighted by atomic mass is 10.1. The number of hydrogen-bond donors (Lipinski definition) is 2. The average Bonchev–Trinajstić information content (AvgIpc) is 2.51. The van der Waals surface area contributed by atoms with E-state index in [1.807, 2.05) is 48.5 Å². The molecule has 2 aromatic rings. The molecule has 2 rings (SSSR count). The summed E-state index contributed by atoms with van der Waals surface area (Å²) in [5.41, 5.74) is 2.60. The highest BCUT2D eigenvalue weighted by molar-refractivity contribution is 5.37. The van der Waals surface area contributed by atoms with Crippen molar-refractivity contribution in [1.82, 2.24) is 0 Å². The Morgan fingerprint density at radius 2 is 1.85 bits per heavy atom. The number of para-hydroxylation sites is 1. The highest BCUT2D eigenvalue weighted by atomic mass is 16.5. The van der Waals surface area contributed by atoms with Gasteiger partial charge in [-0.05, 0) is 23.8 Å². The van der Waals surface area contributed by atoms with Crippen LogP contribution in [0.3, 0.4) is 0 Å². The van der Waals surface area contributed by atoms with Gasteiger partial charge in [0.15, 0.2) is 0 Å². The molecule has 3 heteroatoms. The van der Waals surface area contributed by atoms with Gasteiger partial charge in [-0.2, -0.15) is 0 Å². The lowest BCUT2D eigenvalue weighted by Gasteiger charge is -2.10. The van der Waals surface area contributed by atoms with Gasteiger partial charge in [-0.15, -0.1) is 0 Å². The van der Waals surface area contributed by atoms with E-state index >= 15 is 0 Å². The molecule has 0 bridgehead atoms. The van der Waals surface area contributed by atoms with Crippen molar-refractivity contribution in [2.24, 2.45) is 0 Å². The molecule has 2 aromatic carbocycles. The fourth-order valence-electron chi connectivity index (χ4n) is 1.82. The van der Waals surface area contributed by atoms with E-state index in [-0.39, 0.29) is 13.2 Å². The first-order valence-electron chi connectivity index (χ1n) is 6.33. The van der Waals surface area contributed by atoms with E-state index in [0.29, 0.717) is 12.4 Å². The molecule has 20 heavy (non-hydrogen) atoms. The van der Waals surface area contributed by atoms with Crippen molar-refractivity contribution in [3.8, 4) is 17.6 Å². The first-order chi connectivity index (χ1) is 9.83. The lowest BCUT2D eigenvalue weighted by molar-refractivity contribution is 0.259.